The van der Waals surface area contributed by atoms with Gasteiger partial charge >= 0.3 is 0 Å². The highest BCUT2D eigenvalue weighted by molar-refractivity contribution is 9.10. The molecule has 4 nitrogen and oxygen atoms in total. The molecular formula is C12H9BrN4. The van der Waals surface area contributed by atoms with Gasteiger partial charge in [0.15, 0.2) is 0 Å². The van der Waals surface area contributed by atoms with Crippen molar-refractivity contribution in [3.63, 3.8) is 0 Å². The average molecular weight is 289 g/mol. The van der Waals surface area contributed by atoms with E-state index in [0.29, 0.717) is 0 Å². The van der Waals surface area contributed by atoms with Crippen molar-refractivity contribution in [2.75, 3.05) is 0 Å². The standard InChI is InChI=1S/C12H9BrN4/c1-17-7-8(5-15-17)12-6-14-10-3-2-9(13)4-11(10)16-12/h2-7H,1H3. The van der Waals surface area contributed by atoms with Crippen LogP contribution in [-0.4, -0.2) is 19.7 Å². The lowest BCUT2D eigenvalue weighted by molar-refractivity contribution is 0.768. The van der Waals surface area contributed by atoms with Gasteiger partial charge in [-0.2, -0.15) is 5.10 Å². The third-order valence-corrected chi connectivity index (χ3v) is 3.00. The summed E-state index contributed by atoms with van der Waals surface area (Å²) in [6.07, 6.45) is 5.48. The van der Waals surface area contributed by atoms with Crippen LogP contribution in [0.25, 0.3) is 22.3 Å². The van der Waals surface area contributed by atoms with Crippen LogP contribution in [0.4, 0.5) is 0 Å². The Kier molecular flexibility index (Phi) is 2.40. The van der Waals surface area contributed by atoms with Gasteiger partial charge in [-0.3, -0.25) is 9.67 Å². The van der Waals surface area contributed by atoms with Gasteiger partial charge in [0.05, 0.1) is 29.1 Å². The van der Waals surface area contributed by atoms with Gasteiger partial charge in [0.1, 0.15) is 0 Å². The molecule has 0 N–H and O–H groups in total. The summed E-state index contributed by atoms with van der Waals surface area (Å²) in [6.45, 7) is 0. The lowest BCUT2D eigenvalue weighted by Crippen LogP contribution is -1.88. The quantitative estimate of drug-likeness (QED) is 0.692. The minimum Gasteiger partial charge on any atom is -0.275 e. The van der Waals surface area contributed by atoms with Crippen LogP contribution in [0.1, 0.15) is 0 Å². The molecule has 0 saturated carbocycles. The number of benzene rings is 1. The van der Waals surface area contributed by atoms with Crippen molar-refractivity contribution in [1.29, 1.82) is 0 Å². The van der Waals surface area contributed by atoms with Crippen molar-refractivity contribution in [3.8, 4) is 11.3 Å². The van der Waals surface area contributed by atoms with Crippen molar-refractivity contribution in [1.82, 2.24) is 19.7 Å². The van der Waals surface area contributed by atoms with E-state index in [1.807, 2.05) is 31.4 Å². The lowest BCUT2D eigenvalue weighted by Gasteiger charge is -2.00. The van der Waals surface area contributed by atoms with Crippen LogP contribution < -0.4 is 0 Å². The molecule has 84 valence electrons. The Hall–Kier alpha value is -1.75. The molecule has 3 aromatic rings. The molecule has 0 aliphatic rings. The predicted molar refractivity (Wildman–Crippen MR) is 69.4 cm³/mol. The first-order chi connectivity index (χ1) is 8.22. The molecule has 0 amide bonds. The molecule has 2 heterocycles. The zero-order chi connectivity index (χ0) is 11.8. The molecule has 0 saturated heterocycles. The van der Waals surface area contributed by atoms with Crippen LogP contribution in [0.15, 0.2) is 41.3 Å². The molecule has 17 heavy (non-hydrogen) atoms. The van der Waals surface area contributed by atoms with Crippen LogP contribution in [0, 0.1) is 0 Å². The highest BCUT2D eigenvalue weighted by Crippen LogP contribution is 2.20. The van der Waals surface area contributed by atoms with Crippen LogP contribution in [0.2, 0.25) is 0 Å². The lowest BCUT2D eigenvalue weighted by atomic mass is 10.2. The Morgan fingerprint density at radius 3 is 2.82 bits per heavy atom. The summed E-state index contributed by atoms with van der Waals surface area (Å²) < 4.78 is 2.75. The fraction of sp³-hybridized carbons (Fsp3) is 0.0833. The van der Waals surface area contributed by atoms with E-state index in [1.54, 1.807) is 17.1 Å². The van der Waals surface area contributed by atoms with Gasteiger partial charge < -0.3 is 0 Å². The molecule has 1 aromatic carbocycles. The second-order valence-corrected chi connectivity index (χ2v) is 4.71. The van der Waals surface area contributed by atoms with Gasteiger partial charge in [-0.1, -0.05) is 15.9 Å². The average Bonchev–Trinajstić information content (AvgIpc) is 2.75. The number of fused-ring (bicyclic) bond motifs is 1. The Morgan fingerprint density at radius 1 is 1.18 bits per heavy atom. The van der Waals surface area contributed by atoms with Gasteiger partial charge in [0.2, 0.25) is 0 Å². The van der Waals surface area contributed by atoms with Crippen LogP contribution in [-0.2, 0) is 7.05 Å². The summed E-state index contributed by atoms with van der Waals surface area (Å²) in [5, 5.41) is 4.13. The molecule has 2 aromatic heterocycles. The molecule has 0 radical (unpaired) electrons. The Balaban J connectivity index is 2.18. The molecule has 0 bridgehead atoms. The molecular weight excluding hydrogens is 280 g/mol. The minimum absolute atomic E-state index is 0.837. The van der Waals surface area contributed by atoms with Crippen molar-refractivity contribution < 1.29 is 0 Å². The number of hydrogen-bond acceptors (Lipinski definition) is 3. The number of aromatic nitrogens is 4. The van der Waals surface area contributed by atoms with Gasteiger partial charge in [0, 0.05) is 23.3 Å². The molecule has 0 aliphatic heterocycles. The fourth-order valence-electron chi connectivity index (χ4n) is 1.68. The number of hydrogen-bond donors (Lipinski definition) is 0. The summed E-state index contributed by atoms with van der Waals surface area (Å²) in [6, 6.07) is 5.86. The monoisotopic (exact) mass is 288 g/mol. The molecule has 3 rings (SSSR count). The second kappa shape index (κ2) is 3.92. The number of rotatable bonds is 1. The first-order valence-electron chi connectivity index (χ1n) is 5.14. The molecule has 0 atom stereocenters. The van der Waals surface area contributed by atoms with E-state index in [9.17, 15) is 0 Å². The summed E-state index contributed by atoms with van der Waals surface area (Å²) in [5.74, 6) is 0. The summed E-state index contributed by atoms with van der Waals surface area (Å²) >= 11 is 3.43. The zero-order valence-electron chi connectivity index (χ0n) is 9.13. The fourth-order valence-corrected chi connectivity index (χ4v) is 2.03. The van der Waals surface area contributed by atoms with E-state index in [0.717, 1.165) is 26.8 Å². The van der Waals surface area contributed by atoms with Crippen molar-refractivity contribution >= 4 is 27.0 Å². The van der Waals surface area contributed by atoms with Crippen LogP contribution >= 0.6 is 15.9 Å². The normalized spacial score (nSPS) is 10.9. The number of aryl methyl sites for hydroxylation is 1. The summed E-state index contributed by atoms with van der Waals surface area (Å²) in [5.41, 5.74) is 3.58. The third kappa shape index (κ3) is 1.93. The van der Waals surface area contributed by atoms with Crippen LogP contribution in [0.5, 0.6) is 0 Å². The van der Waals surface area contributed by atoms with Gasteiger partial charge in [-0.15, -0.1) is 0 Å². The van der Waals surface area contributed by atoms with Gasteiger partial charge in [-0.05, 0) is 18.2 Å². The minimum atomic E-state index is 0.837. The van der Waals surface area contributed by atoms with E-state index < -0.39 is 0 Å². The number of nitrogens with zero attached hydrogens (tertiary/aromatic N) is 4. The Labute approximate surface area is 106 Å². The maximum Gasteiger partial charge on any atom is 0.0924 e. The molecule has 0 spiro atoms. The van der Waals surface area contributed by atoms with E-state index in [2.05, 4.69) is 31.0 Å². The molecule has 0 unspecified atom stereocenters. The Morgan fingerprint density at radius 2 is 2.06 bits per heavy atom. The first-order valence-corrected chi connectivity index (χ1v) is 5.93. The maximum atomic E-state index is 4.57. The van der Waals surface area contributed by atoms with Gasteiger partial charge in [-0.25, -0.2) is 4.98 Å². The van der Waals surface area contributed by atoms with Gasteiger partial charge in [0.25, 0.3) is 0 Å². The predicted octanol–water partition coefficient (Wildman–Crippen LogP) is 2.79. The highest BCUT2D eigenvalue weighted by Gasteiger charge is 2.04. The molecule has 0 aliphatic carbocycles. The zero-order valence-corrected chi connectivity index (χ0v) is 10.7. The van der Waals surface area contributed by atoms with Crippen molar-refractivity contribution in [3.05, 3.63) is 41.3 Å². The van der Waals surface area contributed by atoms with E-state index in [4.69, 9.17) is 0 Å². The van der Waals surface area contributed by atoms with Crippen molar-refractivity contribution in [2.45, 2.75) is 0 Å². The molecule has 5 heteroatoms. The number of halogens is 1. The molecule has 0 fully saturated rings. The highest BCUT2D eigenvalue weighted by atomic mass is 79.9. The summed E-state index contributed by atoms with van der Waals surface area (Å²) in [7, 11) is 1.88. The van der Waals surface area contributed by atoms with E-state index in [1.165, 1.54) is 0 Å². The van der Waals surface area contributed by atoms with E-state index >= 15 is 0 Å². The van der Waals surface area contributed by atoms with Crippen molar-refractivity contribution in [2.24, 2.45) is 7.05 Å². The second-order valence-electron chi connectivity index (χ2n) is 3.79. The summed E-state index contributed by atoms with van der Waals surface area (Å²) in [4.78, 5) is 8.96. The topological polar surface area (TPSA) is 43.6 Å². The third-order valence-electron chi connectivity index (χ3n) is 2.50. The maximum absolute atomic E-state index is 4.57. The Bertz CT molecular complexity index is 690. The van der Waals surface area contributed by atoms with E-state index in [-0.39, 0.29) is 0 Å². The SMILES string of the molecule is Cn1cc(-c2cnc3ccc(Br)cc3n2)cn1. The first kappa shape index (κ1) is 10.4. The largest absolute Gasteiger partial charge is 0.275 e. The van der Waals surface area contributed by atoms with Crippen LogP contribution in [0.3, 0.4) is 0 Å². The smallest absolute Gasteiger partial charge is 0.0924 e.